The minimum Gasteiger partial charge on any atom is -0.288 e. The average molecular weight is 415 g/mol. The highest BCUT2D eigenvalue weighted by atomic mass is 35.5. The van der Waals surface area contributed by atoms with Gasteiger partial charge >= 0.3 is 0 Å². The fraction of sp³-hybridized carbons (Fsp3) is 0.0588. The van der Waals surface area contributed by atoms with Crippen LogP contribution in [0.2, 0.25) is 15.1 Å². The minimum atomic E-state index is -0.157. The van der Waals surface area contributed by atoms with E-state index in [4.69, 9.17) is 47.0 Å². The van der Waals surface area contributed by atoms with Gasteiger partial charge in [0, 0.05) is 15.1 Å². The van der Waals surface area contributed by atoms with E-state index in [0.29, 0.717) is 30.8 Å². The molecule has 0 aromatic heterocycles. The van der Waals surface area contributed by atoms with Gasteiger partial charge in [-0.15, -0.1) is 0 Å². The van der Waals surface area contributed by atoms with Crippen LogP contribution >= 0.6 is 58.8 Å². The fourth-order valence-electron chi connectivity index (χ4n) is 2.19. The lowest BCUT2D eigenvalue weighted by Crippen LogP contribution is -2.27. The maximum absolute atomic E-state index is 12.7. The molecule has 0 radical (unpaired) electrons. The Morgan fingerprint density at radius 1 is 1.08 bits per heavy atom. The molecule has 1 amide bonds. The zero-order chi connectivity index (χ0) is 17.3. The lowest BCUT2D eigenvalue weighted by atomic mass is 10.2. The van der Waals surface area contributed by atoms with Crippen LogP contribution in [-0.2, 0) is 11.3 Å². The molecule has 1 fully saturated rings. The van der Waals surface area contributed by atoms with Gasteiger partial charge in [-0.1, -0.05) is 83.0 Å². The molecule has 0 spiro atoms. The third-order valence-electron chi connectivity index (χ3n) is 3.41. The lowest BCUT2D eigenvalue weighted by molar-refractivity contribution is -0.122. The first kappa shape index (κ1) is 17.8. The Balaban J connectivity index is 1.86. The second-order valence-corrected chi connectivity index (χ2v) is 7.95. The van der Waals surface area contributed by atoms with Gasteiger partial charge in [0.1, 0.15) is 4.32 Å². The molecule has 0 saturated carbocycles. The monoisotopic (exact) mass is 413 g/mol. The molecule has 24 heavy (non-hydrogen) atoms. The highest BCUT2D eigenvalue weighted by molar-refractivity contribution is 8.26. The summed E-state index contributed by atoms with van der Waals surface area (Å²) in [6.07, 6.45) is 1.73. The summed E-state index contributed by atoms with van der Waals surface area (Å²) < 4.78 is 0.497. The Bertz CT molecular complexity index is 867. The number of amides is 1. The summed E-state index contributed by atoms with van der Waals surface area (Å²) in [6.45, 7) is 0.343. The van der Waals surface area contributed by atoms with Crippen LogP contribution < -0.4 is 0 Å². The van der Waals surface area contributed by atoms with E-state index in [1.54, 1.807) is 30.3 Å². The second-order valence-electron chi connectivity index (χ2n) is 5.03. The quantitative estimate of drug-likeness (QED) is 0.450. The highest BCUT2D eigenvalue weighted by Crippen LogP contribution is 2.35. The molecule has 1 saturated heterocycles. The van der Waals surface area contributed by atoms with E-state index in [9.17, 15) is 4.79 Å². The minimum absolute atomic E-state index is 0.157. The topological polar surface area (TPSA) is 20.3 Å². The van der Waals surface area contributed by atoms with Crippen LogP contribution in [0.15, 0.2) is 47.4 Å². The zero-order valence-corrected chi connectivity index (χ0v) is 16.0. The Kier molecular flexibility index (Phi) is 5.52. The molecule has 122 valence electrons. The Morgan fingerprint density at radius 3 is 2.54 bits per heavy atom. The van der Waals surface area contributed by atoms with Crippen LogP contribution in [0.4, 0.5) is 0 Å². The predicted molar refractivity (Wildman–Crippen MR) is 107 cm³/mol. The molecule has 3 rings (SSSR count). The van der Waals surface area contributed by atoms with Crippen molar-refractivity contribution in [2.45, 2.75) is 6.54 Å². The number of thiocarbonyl (C=S) groups is 1. The molecule has 0 unspecified atom stereocenters. The molecular weight excluding hydrogens is 405 g/mol. The number of thioether (sulfide) groups is 1. The Labute approximate surface area is 164 Å². The largest absolute Gasteiger partial charge is 0.288 e. The maximum atomic E-state index is 12.7. The van der Waals surface area contributed by atoms with Crippen molar-refractivity contribution in [1.82, 2.24) is 4.90 Å². The van der Waals surface area contributed by atoms with Crippen molar-refractivity contribution in [3.05, 3.63) is 73.6 Å². The van der Waals surface area contributed by atoms with Gasteiger partial charge in [0.25, 0.3) is 5.91 Å². The van der Waals surface area contributed by atoms with Crippen molar-refractivity contribution in [3.8, 4) is 0 Å². The third-order valence-corrected chi connectivity index (χ3v) is 5.72. The van der Waals surface area contributed by atoms with Crippen LogP contribution in [0.25, 0.3) is 6.08 Å². The molecule has 1 aliphatic heterocycles. The van der Waals surface area contributed by atoms with Crippen LogP contribution in [0.5, 0.6) is 0 Å². The van der Waals surface area contributed by atoms with Gasteiger partial charge in [-0.05, 0) is 35.4 Å². The number of rotatable bonds is 3. The molecule has 1 heterocycles. The van der Waals surface area contributed by atoms with Gasteiger partial charge in [0.2, 0.25) is 0 Å². The van der Waals surface area contributed by atoms with E-state index < -0.39 is 0 Å². The van der Waals surface area contributed by atoms with Crippen molar-refractivity contribution >= 4 is 75.1 Å². The molecule has 7 heteroatoms. The van der Waals surface area contributed by atoms with Gasteiger partial charge in [-0.25, -0.2) is 0 Å². The van der Waals surface area contributed by atoms with E-state index in [-0.39, 0.29) is 5.91 Å². The van der Waals surface area contributed by atoms with Crippen LogP contribution in [0.3, 0.4) is 0 Å². The summed E-state index contributed by atoms with van der Waals surface area (Å²) in [7, 11) is 0. The molecular formula is C17H10Cl3NOS2. The number of hydrogen-bond acceptors (Lipinski definition) is 3. The highest BCUT2D eigenvalue weighted by Gasteiger charge is 2.32. The van der Waals surface area contributed by atoms with Gasteiger partial charge in [-0.2, -0.15) is 0 Å². The number of nitrogens with zero attached hydrogens (tertiary/aromatic N) is 1. The first-order valence-electron chi connectivity index (χ1n) is 6.89. The van der Waals surface area contributed by atoms with Gasteiger partial charge in [-0.3, -0.25) is 9.69 Å². The number of carbonyl (C=O) groups is 1. The summed E-state index contributed by atoms with van der Waals surface area (Å²) in [6, 6.07) is 12.5. The van der Waals surface area contributed by atoms with Crippen LogP contribution in [0, 0.1) is 0 Å². The summed E-state index contributed by atoms with van der Waals surface area (Å²) in [5.74, 6) is -0.157. The fourth-order valence-corrected chi connectivity index (χ4v) is 4.10. The van der Waals surface area contributed by atoms with E-state index in [0.717, 1.165) is 11.1 Å². The van der Waals surface area contributed by atoms with Crippen molar-refractivity contribution in [3.63, 3.8) is 0 Å². The summed E-state index contributed by atoms with van der Waals surface area (Å²) in [4.78, 5) is 14.7. The number of benzene rings is 2. The Hall–Kier alpha value is -1.04. The molecule has 0 atom stereocenters. The number of carbonyl (C=O) groups excluding carboxylic acids is 1. The lowest BCUT2D eigenvalue weighted by Gasteiger charge is -2.15. The third kappa shape index (κ3) is 3.79. The first-order valence-corrected chi connectivity index (χ1v) is 9.25. The Morgan fingerprint density at radius 2 is 1.83 bits per heavy atom. The van der Waals surface area contributed by atoms with E-state index in [2.05, 4.69) is 0 Å². The molecule has 0 bridgehead atoms. The average Bonchev–Trinajstić information content (AvgIpc) is 2.79. The summed E-state index contributed by atoms with van der Waals surface area (Å²) in [5, 5.41) is 1.64. The van der Waals surface area contributed by atoms with Gasteiger partial charge in [0.15, 0.2) is 0 Å². The molecule has 0 N–H and O–H groups in total. The summed E-state index contributed by atoms with van der Waals surface area (Å²) in [5.41, 5.74) is 1.57. The predicted octanol–water partition coefficient (Wildman–Crippen LogP) is 6.05. The van der Waals surface area contributed by atoms with Crippen molar-refractivity contribution in [2.24, 2.45) is 0 Å². The zero-order valence-electron chi connectivity index (χ0n) is 12.1. The van der Waals surface area contributed by atoms with Crippen molar-refractivity contribution in [1.29, 1.82) is 0 Å². The van der Waals surface area contributed by atoms with E-state index in [1.807, 2.05) is 18.2 Å². The normalized spacial score (nSPS) is 16.3. The van der Waals surface area contributed by atoms with E-state index in [1.165, 1.54) is 16.7 Å². The SMILES string of the molecule is O=C1C(=Cc2ccc(Cl)cc2Cl)SC(=S)N1Cc1ccccc1Cl. The van der Waals surface area contributed by atoms with Crippen LogP contribution in [-0.4, -0.2) is 15.1 Å². The van der Waals surface area contributed by atoms with E-state index >= 15 is 0 Å². The molecule has 2 nitrogen and oxygen atoms in total. The van der Waals surface area contributed by atoms with Crippen molar-refractivity contribution < 1.29 is 4.79 Å². The molecule has 2 aromatic rings. The number of hydrogen-bond donors (Lipinski definition) is 0. The smallest absolute Gasteiger partial charge is 0.266 e. The van der Waals surface area contributed by atoms with Gasteiger partial charge in [0.05, 0.1) is 11.4 Å². The van der Waals surface area contributed by atoms with Crippen molar-refractivity contribution in [2.75, 3.05) is 0 Å². The van der Waals surface area contributed by atoms with Crippen LogP contribution in [0.1, 0.15) is 11.1 Å². The molecule has 1 aliphatic rings. The number of halogens is 3. The van der Waals surface area contributed by atoms with Gasteiger partial charge < -0.3 is 0 Å². The molecule has 0 aliphatic carbocycles. The summed E-state index contributed by atoms with van der Waals surface area (Å²) >= 11 is 24.8. The second kappa shape index (κ2) is 7.46. The molecule has 2 aromatic carbocycles. The standard InChI is InChI=1S/C17H10Cl3NOS2/c18-12-6-5-10(14(20)8-12)7-15-16(22)21(17(23)24-15)9-11-3-1-2-4-13(11)19/h1-8H,9H2. The first-order chi connectivity index (χ1) is 11.5. The maximum Gasteiger partial charge on any atom is 0.266 e.